The number of aromatic nitrogens is 4. The number of ether oxygens (including phenoxy) is 1. The zero-order valence-corrected chi connectivity index (χ0v) is 24.5. The van der Waals surface area contributed by atoms with Crippen LogP contribution in [0.25, 0.3) is 39.5 Å². The van der Waals surface area contributed by atoms with Gasteiger partial charge in [0.15, 0.2) is 11.5 Å². The van der Waals surface area contributed by atoms with Crippen LogP contribution in [0, 0.1) is 5.82 Å². The van der Waals surface area contributed by atoms with Crippen molar-refractivity contribution in [3.05, 3.63) is 90.4 Å². The smallest absolute Gasteiger partial charge is 0.410 e. The number of nitrogens with zero attached hydrogens (tertiary/aromatic N) is 6. The van der Waals surface area contributed by atoms with Crippen LogP contribution in [0.15, 0.2) is 79.0 Å². The Hall–Kier alpha value is -4.83. The molecule has 9 nitrogen and oxygen atoms in total. The summed E-state index contributed by atoms with van der Waals surface area (Å²) in [6.07, 6.45) is 1.39. The van der Waals surface area contributed by atoms with Gasteiger partial charge in [-0.25, -0.2) is 24.1 Å². The fourth-order valence-corrected chi connectivity index (χ4v) is 5.19. The summed E-state index contributed by atoms with van der Waals surface area (Å²) in [5.74, 6) is 0.713. The largest absolute Gasteiger partial charge is 0.444 e. The Morgan fingerprint density at radius 1 is 0.930 bits per heavy atom. The topological polar surface area (TPSA) is 102 Å². The van der Waals surface area contributed by atoms with Gasteiger partial charge in [-0.3, -0.25) is 9.47 Å². The number of fused-ring (bicyclic) bond motifs is 1. The first kappa shape index (κ1) is 28.3. The summed E-state index contributed by atoms with van der Waals surface area (Å²) >= 11 is 0. The summed E-state index contributed by atoms with van der Waals surface area (Å²) in [5, 5.41) is 0. The SMILES string of the molecule is CC(C)(C)OC(=O)N1CCN(Cc2ccc(-n3c(-c4cccnc4N)nc4ccc(-c5ccc(F)cc5)nc43)cc2)CC1. The van der Waals surface area contributed by atoms with Crippen molar-refractivity contribution in [2.24, 2.45) is 0 Å². The molecule has 1 fully saturated rings. The molecule has 0 spiro atoms. The van der Waals surface area contributed by atoms with Crippen LogP contribution >= 0.6 is 0 Å². The summed E-state index contributed by atoms with van der Waals surface area (Å²) in [7, 11) is 0. The van der Waals surface area contributed by atoms with Crippen LogP contribution in [0.5, 0.6) is 0 Å². The van der Waals surface area contributed by atoms with E-state index in [1.807, 2.05) is 49.6 Å². The normalized spacial score (nSPS) is 14.3. The first-order valence-corrected chi connectivity index (χ1v) is 14.3. The standard InChI is InChI=1S/C33H34FN7O2/c1-33(2,3)43-32(42)40-19-17-39(18-20-40)21-22-6-12-25(13-7-22)41-30(26-5-4-16-36-29(26)35)38-28-15-14-27(37-31(28)41)23-8-10-24(34)11-9-23/h4-16H,17-21H2,1-3H3,(H2,35,36). The molecule has 43 heavy (non-hydrogen) atoms. The minimum absolute atomic E-state index is 0.259. The molecule has 2 aromatic carbocycles. The average molecular weight is 580 g/mol. The predicted octanol–water partition coefficient (Wildman–Crippen LogP) is 5.92. The van der Waals surface area contributed by atoms with Crippen LogP contribution in [-0.4, -0.2) is 67.2 Å². The highest BCUT2D eigenvalue weighted by atomic mass is 19.1. The molecule has 3 aromatic heterocycles. The van der Waals surface area contributed by atoms with E-state index in [0.29, 0.717) is 47.2 Å². The third-order valence-corrected chi connectivity index (χ3v) is 7.35. The van der Waals surface area contributed by atoms with Gasteiger partial charge in [0.25, 0.3) is 0 Å². The van der Waals surface area contributed by atoms with Gasteiger partial charge in [-0.15, -0.1) is 0 Å². The van der Waals surface area contributed by atoms with Crippen LogP contribution in [0.3, 0.4) is 0 Å². The molecule has 1 aliphatic rings. The average Bonchev–Trinajstić information content (AvgIpc) is 3.36. The first-order valence-electron chi connectivity index (χ1n) is 14.3. The lowest BCUT2D eigenvalue weighted by Gasteiger charge is -2.35. The number of halogens is 1. The van der Waals surface area contributed by atoms with Gasteiger partial charge in [0, 0.05) is 50.2 Å². The molecular formula is C33H34FN7O2. The highest BCUT2D eigenvalue weighted by Crippen LogP contribution is 2.32. The highest BCUT2D eigenvalue weighted by Gasteiger charge is 2.26. The monoisotopic (exact) mass is 579 g/mol. The van der Waals surface area contributed by atoms with Crippen LogP contribution in [0.4, 0.5) is 15.0 Å². The number of hydrogen-bond acceptors (Lipinski definition) is 7. The molecule has 10 heteroatoms. The maximum atomic E-state index is 13.6. The van der Waals surface area contributed by atoms with Crippen LogP contribution in [-0.2, 0) is 11.3 Å². The Balaban J connectivity index is 1.28. The number of carbonyl (C=O) groups excluding carboxylic acids is 1. The number of nitrogens with two attached hydrogens (primary N) is 1. The molecule has 0 saturated carbocycles. The zero-order chi connectivity index (χ0) is 30.1. The highest BCUT2D eigenvalue weighted by molar-refractivity contribution is 5.84. The summed E-state index contributed by atoms with van der Waals surface area (Å²) in [6.45, 7) is 9.22. The van der Waals surface area contributed by atoms with Crippen LogP contribution in [0.2, 0.25) is 0 Å². The minimum atomic E-state index is -0.503. The quantitative estimate of drug-likeness (QED) is 0.276. The van der Waals surface area contributed by atoms with Gasteiger partial charge < -0.3 is 15.4 Å². The van der Waals surface area contributed by atoms with E-state index >= 15 is 0 Å². The Morgan fingerprint density at radius 3 is 2.33 bits per heavy atom. The van der Waals surface area contributed by atoms with E-state index in [-0.39, 0.29) is 11.9 Å². The van der Waals surface area contributed by atoms with Gasteiger partial charge in [-0.05, 0) is 87.0 Å². The lowest BCUT2D eigenvalue weighted by molar-refractivity contribution is 0.0139. The van der Waals surface area contributed by atoms with E-state index < -0.39 is 5.60 Å². The Bertz CT molecular complexity index is 1750. The van der Waals surface area contributed by atoms with Gasteiger partial charge in [0.1, 0.15) is 22.8 Å². The molecule has 4 heterocycles. The van der Waals surface area contributed by atoms with E-state index in [1.54, 1.807) is 23.2 Å². The second-order valence-corrected chi connectivity index (χ2v) is 11.7. The number of pyridine rings is 2. The zero-order valence-electron chi connectivity index (χ0n) is 24.5. The summed E-state index contributed by atoms with van der Waals surface area (Å²) in [5.41, 5.74) is 11.4. The third kappa shape index (κ3) is 6.19. The Labute approximate surface area is 249 Å². The Morgan fingerprint density at radius 2 is 1.65 bits per heavy atom. The molecule has 0 bridgehead atoms. The van der Waals surface area contributed by atoms with E-state index in [2.05, 4.69) is 34.1 Å². The second kappa shape index (κ2) is 11.4. The molecule has 0 unspecified atom stereocenters. The first-order chi connectivity index (χ1) is 20.6. The van der Waals surface area contributed by atoms with Gasteiger partial charge in [-0.2, -0.15) is 0 Å². The van der Waals surface area contributed by atoms with E-state index in [9.17, 15) is 9.18 Å². The van der Waals surface area contributed by atoms with Crippen molar-refractivity contribution in [2.45, 2.75) is 32.9 Å². The number of amides is 1. The van der Waals surface area contributed by atoms with Gasteiger partial charge in [0.2, 0.25) is 0 Å². The minimum Gasteiger partial charge on any atom is -0.444 e. The second-order valence-electron chi connectivity index (χ2n) is 11.7. The molecule has 0 aliphatic carbocycles. The van der Waals surface area contributed by atoms with Crippen molar-refractivity contribution < 1.29 is 13.9 Å². The molecule has 2 N–H and O–H groups in total. The number of imidazole rings is 1. The Kier molecular flexibility index (Phi) is 7.53. The van der Waals surface area contributed by atoms with Gasteiger partial charge in [0.05, 0.1) is 11.3 Å². The molecule has 1 saturated heterocycles. The lowest BCUT2D eigenvalue weighted by Crippen LogP contribution is -2.49. The molecule has 5 aromatic rings. The van der Waals surface area contributed by atoms with E-state index in [4.69, 9.17) is 20.4 Å². The molecule has 0 radical (unpaired) electrons. The van der Waals surface area contributed by atoms with Crippen molar-refractivity contribution in [2.75, 3.05) is 31.9 Å². The number of hydrogen-bond donors (Lipinski definition) is 1. The predicted molar refractivity (Wildman–Crippen MR) is 165 cm³/mol. The molecule has 220 valence electrons. The van der Waals surface area contributed by atoms with E-state index in [1.165, 1.54) is 12.1 Å². The molecule has 0 atom stereocenters. The van der Waals surface area contributed by atoms with Crippen LogP contribution < -0.4 is 5.73 Å². The van der Waals surface area contributed by atoms with Crippen molar-refractivity contribution >= 4 is 23.1 Å². The van der Waals surface area contributed by atoms with Gasteiger partial charge in [-0.1, -0.05) is 12.1 Å². The number of carbonyl (C=O) groups is 1. The summed E-state index contributed by atoms with van der Waals surface area (Å²) < 4.78 is 21.1. The maximum absolute atomic E-state index is 13.6. The lowest BCUT2D eigenvalue weighted by atomic mass is 10.1. The number of piperazine rings is 1. The van der Waals surface area contributed by atoms with Crippen molar-refractivity contribution in [1.29, 1.82) is 0 Å². The maximum Gasteiger partial charge on any atom is 0.410 e. The number of anilines is 1. The summed E-state index contributed by atoms with van der Waals surface area (Å²) in [6, 6.07) is 22.1. The number of rotatable bonds is 5. The number of benzene rings is 2. The fraction of sp³-hybridized carbons (Fsp3) is 0.273. The fourth-order valence-electron chi connectivity index (χ4n) is 5.19. The number of nitrogen functional groups attached to an aromatic ring is 1. The van der Waals surface area contributed by atoms with Crippen molar-refractivity contribution in [3.63, 3.8) is 0 Å². The molecule has 1 aliphatic heterocycles. The summed E-state index contributed by atoms with van der Waals surface area (Å²) in [4.78, 5) is 30.7. The molecule has 6 rings (SSSR count). The molecule has 1 amide bonds. The van der Waals surface area contributed by atoms with Crippen LogP contribution in [0.1, 0.15) is 26.3 Å². The molecular weight excluding hydrogens is 545 g/mol. The third-order valence-electron chi connectivity index (χ3n) is 7.35. The van der Waals surface area contributed by atoms with Crippen molar-refractivity contribution in [1.82, 2.24) is 29.3 Å². The van der Waals surface area contributed by atoms with Crippen molar-refractivity contribution in [3.8, 4) is 28.3 Å². The van der Waals surface area contributed by atoms with E-state index in [0.717, 1.165) is 36.4 Å². The van der Waals surface area contributed by atoms with Gasteiger partial charge >= 0.3 is 6.09 Å².